The molecule has 0 aliphatic rings. The molecule has 0 spiro atoms. The first-order chi connectivity index (χ1) is 15.5. The molecule has 12 nitrogen and oxygen atoms in total. The van der Waals surface area contributed by atoms with Crippen LogP contribution >= 0.6 is 0 Å². The average molecular weight is 443 g/mol. The molecule has 0 saturated heterocycles. The molecule has 2 heterocycles. The first-order valence-electron chi connectivity index (χ1n) is 8.85. The molecule has 3 rings (SSSR count). The second-order valence-electron chi connectivity index (χ2n) is 5.78. The van der Waals surface area contributed by atoms with Crippen LogP contribution < -0.4 is 14.2 Å². The number of aromatic hydroxyl groups is 1. The second-order valence-corrected chi connectivity index (χ2v) is 5.78. The van der Waals surface area contributed by atoms with Crippen LogP contribution in [0.15, 0.2) is 52.2 Å². The minimum absolute atomic E-state index is 0.00952. The maximum Gasteiger partial charge on any atom is 0.373 e. The Morgan fingerprint density at radius 1 is 1.03 bits per heavy atom. The Bertz CT molecular complexity index is 1120. The molecule has 0 fully saturated rings. The molecule has 3 aromatic rings. The Balaban J connectivity index is 1.92. The Morgan fingerprint density at radius 3 is 2.34 bits per heavy atom. The van der Waals surface area contributed by atoms with Crippen molar-refractivity contribution in [1.82, 2.24) is 9.97 Å². The number of nitrogens with zero attached hydrogens (tertiary/aromatic N) is 3. The van der Waals surface area contributed by atoms with E-state index in [4.69, 9.17) is 23.5 Å². The van der Waals surface area contributed by atoms with Crippen molar-refractivity contribution >= 4 is 17.7 Å². The molecule has 12 heteroatoms. The van der Waals surface area contributed by atoms with Crippen LogP contribution in [0.1, 0.15) is 16.1 Å². The normalized spacial score (nSPS) is 10.9. The highest BCUT2D eigenvalue weighted by atomic mass is 16.7. The fourth-order valence-corrected chi connectivity index (χ4v) is 2.37. The van der Waals surface area contributed by atoms with Crippen molar-refractivity contribution in [2.45, 2.75) is 0 Å². The number of furan rings is 1. The summed E-state index contributed by atoms with van der Waals surface area (Å²) >= 11 is 0. The van der Waals surface area contributed by atoms with Gasteiger partial charge in [0, 0.05) is 0 Å². The van der Waals surface area contributed by atoms with Crippen molar-refractivity contribution < 1.29 is 42.9 Å². The lowest BCUT2D eigenvalue weighted by Crippen LogP contribution is -2.18. The predicted molar refractivity (Wildman–Crippen MR) is 106 cm³/mol. The third-order valence-corrected chi connectivity index (χ3v) is 3.84. The van der Waals surface area contributed by atoms with Crippen LogP contribution in [0.4, 0.5) is 0 Å². The molecule has 0 unspecified atom stereocenters. The van der Waals surface area contributed by atoms with Gasteiger partial charge in [0.15, 0.2) is 5.76 Å². The fourth-order valence-electron chi connectivity index (χ4n) is 2.37. The summed E-state index contributed by atoms with van der Waals surface area (Å²) in [6.45, 7) is 0. The van der Waals surface area contributed by atoms with E-state index in [2.05, 4.69) is 19.9 Å². The Hall–Kier alpha value is -4.61. The molecule has 0 radical (unpaired) electrons. The molecule has 0 amide bonds. The number of ether oxygens (including phenoxy) is 4. The van der Waals surface area contributed by atoms with Gasteiger partial charge in [-0.1, -0.05) is 11.2 Å². The van der Waals surface area contributed by atoms with Gasteiger partial charge in [0.25, 0.3) is 0 Å². The van der Waals surface area contributed by atoms with E-state index in [9.17, 15) is 14.7 Å². The van der Waals surface area contributed by atoms with E-state index in [0.29, 0.717) is 0 Å². The molecule has 0 atom stereocenters. The van der Waals surface area contributed by atoms with Crippen LogP contribution in [0.3, 0.4) is 0 Å². The lowest BCUT2D eigenvalue weighted by Gasteiger charge is -2.11. The van der Waals surface area contributed by atoms with Gasteiger partial charge in [-0.2, -0.15) is 9.97 Å². The molecule has 32 heavy (non-hydrogen) atoms. The first-order valence-corrected chi connectivity index (χ1v) is 8.85. The SMILES string of the molecule is COC(=O)C(=NOC(=O)c1c(O)cccc1Oc1nc(OC)cc(OC)n1)c1ccco1. The zero-order chi connectivity index (χ0) is 23.1. The van der Waals surface area contributed by atoms with Gasteiger partial charge in [0.1, 0.15) is 17.1 Å². The largest absolute Gasteiger partial charge is 0.507 e. The van der Waals surface area contributed by atoms with Crippen molar-refractivity contribution in [1.29, 1.82) is 0 Å². The van der Waals surface area contributed by atoms with Crippen molar-refractivity contribution in [3.63, 3.8) is 0 Å². The van der Waals surface area contributed by atoms with Crippen molar-refractivity contribution in [2.24, 2.45) is 5.16 Å². The zero-order valence-electron chi connectivity index (χ0n) is 17.1. The van der Waals surface area contributed by atoms with Crippen LogP contribution in [0.5, 0.6) is 29.3 Å². The minimum atomic E-state index is -1.14. The fraction of sp³-hybridized carbons (Fsp3) is 0.150. The van der Waals surface area contributed by atoms with Gasteiger partial charge >= 0.3 is 17.9 Å². The first kappa shape index (κ1) is 22.1. The summed E-state index contributed by atoms with van der Waals surface area (Å²) in [6.07, 6.45) is 1.30. The monoisotopic (exact) mass is 443 g/mol. The van der Waals surface area contributed by atoms with Gasteiger partial charge in [0.2, 0.25) is 17.5 Å². The summed E-state index contributed by atoms with van der Waals surface area (Å²) in [4.78, 5) is 37.4. The number of benzene rings is 1. The summed E-state index contributed by atoms with van der Waals surface area (Å²) < 4.78 is 25.3. The highest BCUT2D eigenvalue weighted by Gasteiger charge is 2.24. The number of carbonyl (C=O) groups excluding carboxylic acids is 2. The standard InChI is InChI=1S/C20H17N3O9/c1-27-14-10-15(28-2)22-20(21-14)31-12-7-4-6-11(24)16(12)18(25)32-23-17(19(26)29-3)13-8-5-9-30-13/h4-10,24H,1-3H3. The Labute approximate surface area is 181 Å². The molecule has 0 bridgehead atoms. The average Bonchev–Trinajstić information content (AvgIpc) is 3.33. The lowest BCUT2D eigenvalue weighted by atomic mass is 10.2. The maximum atomic E-state index is 12.7. The van der Waals surface area contributed by atoms with Crippen molar-refractivity contribution in [2.75, 3.05) is 21.3 Å². The van der Waals surface area contributed by atoms with Crippen LogP contribution in [0, 0.1) is 0 Å². The van der Waals surface area contributed by atoms with E-state index in [-0.39, 0.29) is 29.3 Å². The van der Waals surface area contributed by atoms with Gasteiger partial charge in [0.05, 0.1) is 33.7 Å². The molecule has 166 valence electrons. The van der Waals surface area contributed by atoms with E-state index in [1.165, 1.54) is 56.9 Å². The smallest absolute Gasteiger partial charge is 0.373 e. The zero-order valence-corrected chi connectivity index (χ0v) is 17.1. The Kier molecular flexibility index (Phi) is 6.85. The van der Waals surface area contributed by atoms with Crippen LogP contribution in [0.2, 0.25) is 0 Å². The minimum Gasteiger partial charge on any atom is -0.507 e. The number of hydrogen-bond donors (Lipinski definition) is 1. The summed E-state index contributed by atoms with van der Waals surface area (Å²) in [5.41, 5.74) is -0.796. The number of phenolic OH excluding ortho intramolecular Hbond substituents is 1. The number of esters is 1. The van der Waals surface area contributed by atoms with Crippen LogP contribution in [0.25, 0.3) is 0 Å². The Morgan fingerprint density at radius 2 is 1.75 bits per heavy atom. The van der Waals surface area contributed by atoms with Gasteiger partial charge in [-0.3, -0.25) is 0 Å². The number of hydrogen-bond acceptors (Lipinski definition) is 12. The van der Waals surface area contributed by atoms with Gasteiger partial charge in [-0.05, 0) is 24.3 Å². The highest BCUT2D eigenvalue weighted by molar-refractivity contribution is 6.42. The molecule has 0 saturated carbocycles. The highest BCUT2D eigenvalue weighted by Crippen LogP contribution is 2.32. The number of methoxy groups -OCH3 is 3. The molecule has 1 aromatic carbocycles. The van der Waals surface area contributed by atoms with E-state index in [1.54, 1.807) is 0 Å². The lowest BCUT2D eigenvalue weighted by molar-refractivity contribution is -0.132. The predicted octanol–water partition coefficient (Wildman–Crippen LogP) is 2.32. The third-order valence-electron chi connectivity index (χ3n) is 3.84. The number of carbonyl (C=O) groups is 2. The maximum absolute atomic E-state index is 12.7. The van der Waals surface area contributed by atoms with Crippen LogP contribution in [-0.2, 0) is 14.4 Å². The van der Waals surface area contributed by atoms with Gasteiger partial charge < -0.3 is 33.3 Å². The summed E-state index contributed by atoms with van der Waals surface area (Å²) in [5.74, 6) is -2.38. The van der Waals surface area contributed by atoms with Crippen molar-refractivity contribution in [3.05, 3.63) is 54.0 Å². The van der Waals surface area contributed by atoms with E-state index < -0.39 is 29.0 Å². The summed E-state index contributed by atoms with van der Waals surface area (Å²) in [6, 6.07) is 8.14. The summed E-state index contributed by atoms with van der Waals surface area (Å²) in [5, 5.41) is 13.7. The van der Waals surface area contributed by atoms with E-state index in [1.807, 2.05) is 0 Å². The van der Waals surface area contributed by atoms with Gasteiger partial charge in [-0.25, -0.2) is 9.59 Å². The molecular formula is C20H17N3O9. The van der Waals surface area contributed by atoms with Crippen molar-refractivity contribution in [3.8, 4) is 29.3 Å². The topological polar surface area (TPSA) is 152 Å². The van der Waals surface area contributed by atoms with Crippen LogP contribution in [-0.4, -0.2) is 54.1 Å². The molecule has 0 aliphatic heterocycles. The summed E-state index contributed by atoms with van der Waals surface area (Å²) in [7, 11) is 3.90. The number of aromatic nitrogens is 2. The number of phenols is 1. The van der Waals surface area contributed by atoms with Gasteiger partial charge in [-0.15, -0.1) is 0 Å². The quantitative estimate of drug-likeness (QED) is 0.236. The third kappa shape index (κ3) is 4.92. The number of rotatable bonds is 8. The van der Waals surface area contributed by atoms with E-state index in [0.717, 1.165) is 7.11 Å². The molecule has 2 aromatic heterocycles. The second kappa shape index (κ2) is 9.93. The van der Waals surface area contributed by atoms with E-state index >= 15 is 0 Å². The molecular weight excluding hydrogens is 426 g/mol. The number of oxime groups is 1. The molecule has 1 N–H and O–H groups in total. The molecule has 0 aliphatic carbocycles.